The Labute approximate surface area is 89.6 Å². The molecule has 2 rings (SSSR count). The molecule has 80 valence electrons. The second-order valence-electron chi connectivity index (χ2n) is 3.94. The van der Waals surface area contributed by atoms with E-state index >= 15 is 0 Å². The number of thioether (sulfide) groups is 1. The number of carbonyl (C=O) groups excluding carboxylic acids is 1. The van der Waals surface area contributed by atoms with Gasteiger partial charge in [-0.25, -0.2) is 0 Å². The van der Waals surface area contributed by atoms with E-state index in [1.807, 2.05) is 16.7 Å². The standard InChI is InChI=1S/C10H18N2OS/c13-10(9-3-1-2-4-11-9)12-5-7-14-8-6-12/h9,11H,1-8H2/t9-/m1/s1. The summed E-state index contributed by atoms with van der Waals surface area (Å²) in [6, 6.07) is 0.117. The molecule has 2 aliphatic rings. The largest absolute Gasteiger partial charge is 0.340 e. The Bertz CT molecular complexity index is 178. The number of nitrogens with zero attached hydrogens (tertiary/aromatic N) is 1. The van der Waals surface area contributed by atoms with Crippen molar-refractivity contribution in [1.29, 1.82) is 0 Å². The van der Waals surface area contributed by atoms with Crippen molar-refractivity contribution in [3.05, 3.63) is 0 Å². The highest BCUT2D eigenvalue weighted by Gasteiger charge is 2.26. The van der Waals surface area contributed by atoms with Crippen molar-refractivity contribution < 1.29 is 4.79 Å². The molecule has 0 radical (unpaired) electrons. The number of nitrogens with one attached hydrogen (secondary N) is 1. The molecule has 2 aliphatic heterocycles. The molecular formula is C10H18N2OS. The summed E-state index contributed by atoms with van der Waals surface area (Å²) < 4.78 is 0. The Morgan fingerprint density at radius 1 is 1.29 bits per heavy atom. The van der Waals surface area contributed by atoms with E-state index in [-0.39, 0.29) is 6.04 Å². The van der Waals surface area contributed by atoms with Crippen LogP contribution in [-0.4, -0.2) is 48.0 Å². The van der Waals surface area contributed by atoms with Crippen molar-refractivity contribution >= 4 is 17.7 Å². The third-order valence-electron chi connectivity index (χ3n) is 2.93. The first kappa shape index (κ1) is 10.3. The number of carbonyl (C=O) groups is 1. The fourth-order valence-corrected chi connectivity index (χ4v) is 2.97. The maximum atomic E-state index is 12.0. The predicted molar refractivity (Wildman–Crippen MR) is 59.5 cm³/mol. The minimum absolute atomic E-state index is 0.117. The molecule has 2 fully saturated rings. The van der Waals surface area contributed by atoms with E-state index in [4.69, 9.17) is 0 Å². The zero-order valence-electron chi connectivity index (χ0n) is 8.50. The van der Waals surface area contributed by atoms with E-state index < -0.39 is 0 Å². The molecule has 2 saturated heterocycles. The monoisotopic (exact) mass is 214 g/mol. The van der Waals surface area contributed by atoms with Crippen molar-refractivity contribution in [3.8, 4) is 0 Å². The zero-order chi connectivity index (χ0) is 9.80. The molecule has 0 aromatic rings. The lowest BCUT2D eigenvalue weighted by Crippen LogP contribution is -2.50. The highest BCUT2D eigenvalue weighted by molar-refractivity contribution is 7.99. The molecule has 0 aromatic heterocycles. The average molecular weight is 214 g/mol. The van der Waals surface area contributed by atoms with Crippen LogP contribution in [0.2, 0.25) is 0 Å². The number of hydrogen-bond acceptors (Lipinski definition) is 3. The molecule has 1 atom stereocenters. The quantitative estimate of drug-likeness (QED) is 0.697. The highest BCUT2D eigenvalue weighted by Crippen LogP contribution is 2.14. The van der Waals surface area contributed by atoms with Crippen LogP contribution in [0.4, 0.5) is 0 Å². The lowest BCUT2D eigenvalue weighted by molar-refractivity contribution is -0.133. The minimum Gasteiger partial charge on any atom is -0.340 e. The topological polar surface area (TPSA) is 32.3 Å². The van der Waals surface area contributed by atoms with Gasteiger partial charge in [-0.1, -0.05) is 6.42 Å². The van der Waals surface area contributed by atoms with Gasteiger partial charge in [0.1, 0.15) is 0 Å². The molecule has 1 amide bonds. The predicted octanol–water partition coefficient (Wildman–Crippen LogP) is 0.704. The lowest BCUT2D eigenvalue weighted by Gasteiger charge is -2.32. The van der Waals surface area contributed by atoms with Crippen molar-refractivity contribution in [1.82, 2.24) is 10.2 Å². The van der Waals surface area contributed by atoms with Crippen LogP contribution in [0.5, 0.6) is 0 Å². The molecule has 0 aromatic carbocycles. The van der Waals surface area contributed by atoms with E-state index in [9.17, 15) is 4.79 Å². The molecule has 2 heterocycles. The number of rotatable bonds is 1. The summed E-state index contributed by atoms with van der Waals surface area (Å²) >= 11 is 1.95. The maximum absolute atomic E-state index is 12.0. The number of amides is 1. The highest BCUT2D eigenvalue weighted by atomic mass is 32.2. The zero-order valence-corrected chi connectivity index (χ0v) is 9.31. The van der Waals surface area contributed by atoms with E-state index in [2.05, 4.69) is 5.32 Å². The molecule has 0 spiro atoms. The summed E-state index contributed by atoms with van der Waals surface area (Å²) in [5, 5.41) is 3.32. The minimum atomic E-state index is 0.117. The Kier molecular flexibility index (Phi) is 3.70. The Morgan fingerprint density at radius 3 is 2.71 bits per heavy atom. The van der Waals surface area contributed by atoms with Gasteiger partial charge in [0.2, 0.25) is 5.91 Å². The van der Waals surface area contributed by atoms with Gasteiger partial charge in [0.05, 0.1) is 6.04 Å². The van der Waals surface area contributed by atoms with Crippen LogP contribution in [0.15, 0.2) is 0 Å². The first-order valence-electron chi connectivity index (χ1n) is 5.48. The van der Waals surface area contributed by atoms with Crippen LogP contribution in [0.1, 0.15) is 19.3 Å². The Balaban J connectivity index is 1.85. The fourth-order valence-electron chi connectivity index (χ4n) is 2.07. The van der Waals surface area contributed by atoms with Crippen LogP contribution >= 0.6 is 11.8 Å². The van der Waals surface area contributed by atoms with Crippen LogP contribution in [0, 0.1) is 0 Å². The van der Waals surface area contributed by atoms with Gasteiger partial charge >= 0.3 is 0 Å². The average Bonchev–Trinajstić information content (AvgIpc) is 2.30. The van der Waals surface area contributed by atoms with Gasteiger partial charge in [0.25, 0.3) is 0 Å². The number of piperidine rings is 1. The van der Waals surface area contributed by atoms with Crippen molar-refractivity contribution in [3.63, 3.8) is 0 Å². The van der Waals surface area contributed by atoms with E-state index in [0.717, 1.165) is 37.6 Å². The van der Waals surface area contributed by atoms with Gasteiger partial charge in [0.15, 0.2) is 0 Å². The van der Waals surface area contributed by atoms with E-state index in [0.29, 0.717) is 5.91 Å². The van der Waals surface area contributed by atoms with Gasteiger partial charge in [0, 0.05) is 24.6 Å². The first-order valence-corrected chi connectivity index (χ1v) is 6.63. The number of hydrogen-bond donors (Lipinski definition) is 1. The van der Waals surface area contributed by atoms with E-state index in [1.54, 1.807) is 0 Å². The fraction of sp³-hybridized carbons (Fsp3) is 0.900. The summed E-state index contributed by atoms with van der Waals surface area (Å²) in [5.74, 6) is 2.56. The summed E-state index contributed by atoms with van der Waals surface area (Å²) in [5.41, 5.74) is 0. The van der Waals surface area contributed by atoms with Crippen molar-refractivity contribution in [2.75, 3.05) is 31.1 Å². The molecule has 0 bridgehead atoms. The second kappa shape index (κ2) is 5.03. The molecule has 4 heteroatoms. The molecule has 0 aliphatic carbocycles. The van der Waals surface area contributed by atoms with Crippen LogP contribution in [-0.2, 0) is 4.79 Å². The van der Waals surface area contributed by atoms with Gasteiger partial charge in [-0.3, -0.25) is 4.79 Å². The van der Waals surface area contributed by atoms with Gasteiger partial charge < -0.3 is 10.2 Å². The van der Waals surface area contributed by atoms with Crippen LogP contribution in [0.3, 0.4) is 0 Å². The second-order valence-corrected chi connectivity index (χ2v) is 5.16. The summed E-state index contributed by atoms with van der Waals surface area (Å²) in [6.45, 7) is 2.91. The Hall–Kier alpha value is -0.220. The molecule has 1 N–H and O–H groups in total. The lowest BCUT2D eigenvalue weighted by atomic mass is 10.0. The van der Waals surface area contributed by atoms with Crippen LogP contribution < -0.4 is 5.32 Å². The third kappa shape index (κ3) is 2.42. The Morgan fingerprint density at radius 2 is 2.07 bits per heavy atom. The normalized spacial score (nSPS) is 28.9. The maximum Gasteiger partial charge on any atom is 0.239 e. The van der Waals surface area contributed by atoms with Gasteiger partial charge in [-0.15, -0.1) is 0 Å². The molecule has 3 nitrogen and oxygen atoms in total. The van der Waals surface area contributed by atoms with Crippen LogP contribution in [0.25, 0.3) is 0 Å². The SMILES string of the molecule is O=C([C@H]1CCCCN1)N1CCSCC1. The molecule has 14 heavy (non-hydrogen) atoms. The van der Waals surface area contributed by atoms with Gasteiger partial charge in [-0.05, 0) is 19.4 Å². The van der Waals surface area contributed by atoms with Gasteiger partial charge in [-0.2, -0.15) is 11.8 Å². The molecular weight excluding hydrogens is 196 g/mol. The third-order valence-corrected chi connectivity index (χ3v) is 3.87. The smallest absolute Gasteiger partial charge is 0.239 e. The summed E-state index contributed by atoms with van der Waals surface area (Å²) in [6.07, 6.45) is 3.45. The molecule has 0 unspecified atom stereocenters. The summed E-state index contributed by atoms with van der Waals surface area (Å²) in [7, 11) is 0. The first-order chi connectivity index (χ1) is 6.88. The van der Waals surface area contributed by atoms with Crippen molar-refractivity contribution in [2.45, 2.75) is 25.3 Å². The summed E-state index contributed by atoms with van der Waals surface area (Å²) in [4.78, 5) is 14.0. The molecule has 0 saturated carbocycles. The van der Waals surface area contributed by atoms with E-state index in [1.165, 1.54) is 12.8 Å². The van der Waals surface area contributed by atoms with Crippen molar-refractivity contribution in [2.24, 2.45) is 0 Å².